The van der Waals surface area contributed by atoms with Crippen molar-refractivity contribution in [2.45, 2.75) is 12.0 Å². The summed E-state index contributed by atoms with van der Waals surface area (Å²) in [7, 11) is 0. The van der Waals surface area contributed by atoms with E-state index in [1.807, 2.05) is 18.2 Å². The number of nitrogens with one attached hydrogen (secondary N) is 2. The summed E-state index contributed by atoms with van der Waals surface area (Å²) in [6, 6.07) is 12.4. The number of benzene rings is 1. The van der Waals surface area contributed by atoms with Gasteiger partial charge in [0, 0.05) is 30.6 Å². The molecule has 18 heavy (non-hydrogen) atoms. The van der Waals surface area contributed by atoms with Crippen LogP contribution in [0.15, 0.2) is 36.4 Å². The Morgan fingerprint density at radius 2 is 1.89 bits per heavy atom. The third-order valence-electron chi connectivity index (χ3n) is 3.78. The minimum atomic E-state index is 0.201. The fraction of sp³-hybridized carbons (Fsp3) is 0.286. The molecule has 1 aromatic carbocycles. The van der Waals surface area contributed by atoms with Gasteiger partial charge in [-0.3, -0.25) is 0 Å². The van der Waals surface area contributed by atoms with Crippen LogP contribution in [-0.4, -0.2) is 28.8 Å². The highest BCUT2D eigenvalue weighted by molar-refractivity contribution is 5.64. The predicted octanol–water partition coefficient (Wildman–Crippen LogP) is 1.45. The molecular formula is C14H14N4. The molecular weight excluding hydrogens is 224 g/mol. The molecule has 1 saturated heterocycles. The fourth-order valence-electron chi connectivity index (χ4n) is 2.72. The van der Waals surface area contributed by atoms with Gasteiger partial charge >= 0.3 is 0 Å². The number of anilines is 1. The maximum absolute atomic E-state index is 4.32. The van der Waals surface area contributed by atoms with Gasteiger partial charge in [0.05, 0.1) is 11.2 Å². The van der Waals surface area contributed by atoms with Crippen LogP contribution in [0.5, 0.6) is 0 Å². The highest BCUT2D eigenvalue weighted by Gasteiger charge is 2.42. The first kappa shape index (κ1) is 10.0. The van der Waals surface area contributed by atoms with E-state index in [0.29, 0.717) is 0 Å². The Balaban J connectivity index is 1.72. The van der Waals surface area contributed by atoms with E-state index in [1.54, 1.807) is 0 Å². The Morgan fingerprint density at radius 1 is 1.06 bits per heavy atom. The van der Waals surface area contributed by atoms with Gasteiger partial charge in [-0.2, -0.15) is 0 Å². The van der Waals surface area contributed by atoms with Crippen molar-refractivity contribution in [1.29, 1.82) is 0 Å². The SMILES string of the molecule is c1ccc(-c2cc3c(nn2)NC2(CNC2)C3)cc1. The number of hydrogen-bond acceptors (Lipinski definition) is 4. The van der Waals surface area contributed by atoms with Crippen molar-refractivity contribution >= 4 is 5.82 Å². The molecule has 0 bridgehead atoms. The first-order valence-electron chi connectivity index (χ1n) is 6.26. The van der Waals surface area contributed by atoms with Gasteiger partial charge in [-0.15, -0.1) is 10.2 Å². The summed E-state index contributed by atoms with van der Waals surface area (Å²) in [6.07, 6.45) is 1.05. The number of fused-ring (bicyclic) bond motifs is 1. The van der Waals surface area contributed by atoms with E-state index in [-0.39, 0.29) is 5.54 Å². The van der Waals surface area contributed by atoms with Crippen LogP contribution in [0.4, 0.5) is 5.82 Å². The molecule has 4 nitrogen and oxygen atoms in total. The third-order valence-corrected chi connectivity index (χ3v) is 3.78. The zero-order valence-corrected chi connectivity index (χ0v) is 9.98. The van der Waals surface area contributed by atoms with E-state index in [4.69, 9.17) is 0 Å². The molecule has 4 rings (SSSR count). The van der Waals surface area contributed by atoms with Crippen molar-refractivity contribution in [3.05, 3.63) is 42.0 Å². The second kappa shape index (κ2) is 3.53. The molecule has 1 spiro atoms. The first-order valence-corrected chi connectivity index (χ1v) is 6.26. The van der Waals surface area contributed by atoms with E-state index in [1.165, 1.54) is 5.56 Å². The second-order valence-electron chi connectivity index (χ2n) is 5.16. The van der Waals surface area contributed by atoms with Crippen LogP contribution in [0, 0.1) is 0 Å². The summed E-state index contributed by atoms with van der Waals surface area (Å²) in [5.74, 6) is 0.955. The van der Waals surface area contributed by atoms with Crippen LogP contribution < -0.4 is 10.6 Å². The van der Waals surface area contributed by atoms with Gasteiger partial charge in [-0.05, 0) is 6.07 Å². The van der Waals surface area contributed by atoms with Gasteiger partial charge < -0.3 is 10.6 Å². The number of rotatable bonds is 1. The highest BCUT2D eigenvalue weighted by atomic mass is 15.3. The first-order chi connectivity index (χ1) is 8.85. The van der Waals surface area contributed by atoms with E-state index < -0.39 is 0 Å². The quantitative estimate of drug-likeness (QED) is 0.789. The predicted molar refractivity (Wildman–Crippen MR) is 70.4 cm³/mol. The number of hydrogen-bond donors (Lipinski definition) is 2. The topological polar surface area (TPSA) is 49.8 Å². The van der Waals surface area contributed by atoms with Crippen molar-refractivity contribution in [1.82, 2.24) is 15.5 Å². The van der Waals surface area contributed by atoms with E-state index in [0.717, 1.165) is 36.6 Å². The average Bonchev–Trinajstić information content (AvgIpc) is 2.78. The van der Waals surface area contributed by atoms with Crippen LogP contribution in [0.2, 0.25) is 0 Å². The summed E-state index contributed by atoms with van der Waals surface area (Å²) in [5, 5.41) is 15.4. The summed E-state index contributed by atoms with van der Waals surface area (Å²) in [5.41, 5.74) is 3.57. The maximum atomic E-state index is 4.32. The third kappa shape index (κ3) is 1.42. The summed E-state index contributed by atoms with van der Waals surface area (Å²) >= 11 is 0. The Morgan fingerprint density at radius 3 is 2.61 bits per heavy atom. The Hall–Kier alpha value is -1.94. The van der Waals surface area contributed by atoms with Crippen molar-refractivity contribution in [3.63, 3.8) is 0 Å². The molecule has 0 saturated carbocycles. The summed E-state index contributed by atoms with van der Waals surface area (Å²) in [4.78, 5) is 0. The van der Waals surface area contributed by atoms with Crippen molar-refractivity contribution in [2.75, 3.05) is 18.4 Å². The summed E-state index contributed by atoms with van der Waals surface area (Å²) < 4.78 is 0. The maximum Gasteiger partial charge on any atom is 0.152 e. The number of aromatic nitrogens is 2. The lowest BCUT2D eigenvalue weighted by atomic mass is 9.89. The summed E-state index contributed by atoms with van der Waals surface area (Å²) in [6.45, 7) is 2.04. The molecule has 1 fully saturated rings. The number of nitrogens with zero attached hydrogens (tertiary/aromatic N) is 2. The Bertz CT molecular complexity index is 590. The molecule has 1 aromatic heterocycles. The molecule has 3 heterocycles. The van der Waals surface area contributed by atoms with E-state index >= 15 is 0 Å². The molecule has 4 heteroatoms. The van der Waals surface area contributed by atoms with Gasteiger partial charge in [-0.1, -0.05) is 30.3 Å². The average molecular weight is 238 g/mol. The molecule has 2 aromatic rings. The molecule has 2 aliphatic heterocycles. The standard InChI is InChI=1S/C14H14N4/c1-2-4-10(5-3-1)12-6-11-7-14(8-15-9-14)16-13(11)18-17-12/h1-6,15H,7-9H2,(H,16,18). The lowest BCUT2D eigenvalue weighted by Crippen LogP contribution is -2.63. The van der Waals surface area contributed by atoms with Gasteiger partial charge in [0.25, 0.3) is 0 Å². The Kier molecular flexibility index (Phi) is 1.96. The zero-order chi connectivity index (χ0) is 12.0. The van der Waals surface area contributed by atoms with Crippen LogP contribution >= 0.6 is 0 Å². The Labute approximate surface area is 105 Å². The molecule has 2 aliphatic rings. The molecule has 90 valence electrons. The fourth-order valence-corrected chi connectivity index (χ4v) is 2.72. The lowest BCUT2D eigenvalue weighted by molar-refractivity contribution is 0.320. The monoisotopic (exact) mass is 238 g/mol. The van der Waals surface area contributed by atoms with Gasteiger partial charge in [0.1, 0.15) is 0 Å². The molecule has 0 radical (unpaired) electrons. The zero-order valence-electron chi connectivity index (χ0n) is 9.98. The van der Waals surface area contributed by atoms with Crippen LogP contribution in [0.25, 0.3) is 11.3 Å². The van der Waals surface area contributed by atoms with Crippen LogP contribution in [0.3, 0.4) is 0 Å². The molecule has 0 amide bonds. The molecule has 0 aliphatic carbocycles. The molecule has 2 N–H and O–H groups in total. The highest BCUT2D eigenvalue weighted by Crippen LogP contribution is 2.34. The minimum absolute atomic E-state index is 0.201. The second-order valence-corrected chi connectivity index (χ2v) is 5.16. The lowest BCUT2D eigenvalue weighted by Gasteiger charge is -2.39. The van der Waals surface area contributed by atoms with Gasteiger partial charge in [0.15, 0.2) is 5.82 Å². The minimum Gasteiger partial charge on any atom is -0.360 e. The van der Waals surface area contributed by atoms with Crippen molar-refractivity contribution in [2.24, 2.45) is 0 Å². The molecule has 0 atom stereocenters. The largest absolute Gasteiger partial charge is 0.360 e. The normalized spacial score (nSPS) is 19.1. The van der Waals surface area contributed by atoms with Crippen molar-refractivity contribution < 1.29 is 0 Å². The molecule has 0 unspecified atom stereocenters. The van der Waals surface area contributed by atoms with Crippen LogP contribution in [-0.2, 0) is 6.42 Å². The van der Waals surface area contributed by atoms with Gasteiger partial charge in [0.2, 0.25) is 0 Å². The van der Waals surface area contributed by atoms with E-state index in [9.17, 15) is 0 Å². The van der Waals surface area contributed by atoms with Crippen molar-refractivity contribution in [3.8, 4) is 11.3 Å². The smallest absolute Gasteiger partial charge is 0.152 e. The van der Waals surface area contributed by atoms with Gasteiger partial charge in [-0.25, -0.2) is 0 Å². The van der Waals surface area contributed by atoms with E-state index in [2.05, 4.69) is 39.0 Å². The van der Waals surface area contributed by atoms with Crippen LogP contribution in [0.1, 0.15) is 5.56 Å².